The summed E-state index contributed by atoms with van der Waals surface area (Å²) >= 11 is 0. The Labute approximate surface area is 228 Å². The zero-order chi connectivity index (χ0) is 28.7. The molecule has 0 aliphatic heterocycles. The van der Waals surface area contributed by atoms with Gasteiger partial charge < -0.3 is 19.3 Å². The van der Waals surface area contributed by atoms with Gasteiger partial charge in [-0.25, -0.2) is 0 Å². The van der Waals surface area contributed by atoms with E-state index < -0.39 is 10.1 Å². The first kappa shape index (κ1) is 31.1. The van der Waals surface area contributed by atoms with Crippen LogP contribution in [0.1, 0.15) is 73.8 Å². The smallest absolute Gasteiger partial charge is 0.339 e. The molecule has 210 valence electrons. The first-order valence-electron chi connectivity index (χ1n) is 13.2. The highest BCUT2D eigenvalue weighted by Crippen LogP contribution is 2.31. The van der Waals surface area contributed by atoms with Crippen molar-refractivity contribution in [1.82, 2.24) is 4.90 Å². The molecule has 38 heavy (non-hydrogen) atoms. The van der Waals surface area contributed by atoms with Gasteiger partial charge in [0.15, 0.2) is 0 Å². The molecule has 0 aliphatic carbocycles. The van der Waals surface area contributed by atoms with Crippen molar-refractivity contribution in [2.24, 2.45) is 5.41 Å². The summed E-state index contributed by atoms with van der Waals surface area (Å²) in [5.41, 5.74) is 1.76. The summed E-state index contributed by atoms with van der Waals surface area (Å²) in [5.74, 6) is -0.0409. The minimum Gasteiger partial charge on any atom is -0.379 e. The molecule has 2 rings (SSSR count). The number of benzene rings is 2. The lowest BCUT2D eigenvalue weighted by molar-refractivity contribution is -0.136. The number of nitrogens with one attached hydrogen (secondary N) is 1. The largest absolute Gasteiger partial charge is 0.379 e. The van der Waals surface area contributed by atoms with Crippen molar-refractivity contribution in [2.45, 2.75) is 85.7 Å². The summed E-state index contributed by atoms with van der Waals surface area (Å²) in [6.45, 7) is 17.3. The van der Waals surface area contributed by atoms with Crippen LogP contribution in [0, 0.1) is 5.41 Å². The fraction of sp³-hybridized carbons (Fsp3) is 0.517. The van der Waals surface area contributed by atoms with E-state index in [1.54, 1.807) is 11.0 Å². The maximum atomic E-state index is 13.3. The molecular formula is C29H43N3O5S. The van der Waals surface area contributed by atoms with Crippen LogP contribution in [0.15, 0.2) is 47.4 Å². The van der Waals surface area contributed by atoms with E-state index in [2.05, 4.69) is 10.2 Å². The van der Waals surface area contributed by atoms with E-state index in [-0.39, 0.29) is 40.5 Å². The van der Waals surface area contributed by atoms with Gasteiger partial charge in [-0.2, -0.15) is 8.42 Å². The Morgan fingerprint density at radius 3 is 2.11 bits per heavy atom. The number of amides is 2. The van der Waals surface area contributed by atoms with Gasteiger partial charge >= 0.3 is 10.1 Å². The molecular weight excluding hydrogens is 502 g/mol. The number of hydrogen-bond acceptors (Lipinski definition) is 6. The zero-order valence-corrected chi connectivity index (χ0v) is 24.8. The SMILES string of the molecule is CC[C@@H](C)N(Cc1ccc(N(CC)CC)cc1OS(=O)(=O)c1ccc(NC(C)=O)cc1)C(=O)CC(C)(C)C. The second-order valence-electron chi connectivity index (χ2n) is 10.7. The number of anilines is 2. The number of hydrogen-bond donors (Lipinski definition) is 1. The van der Waals surface area contributed by atoms with Crippen LogP contribution in [-0.4, -0.2) is 44.3 Å². The zero-order valence-electron chi connectivity index (χ0n) is 24.0. The van der Waals surface area contributed by atoms with Crippen LogP contribution >= 0.6 is 0 Å². The van der Waals surface area contributed by atoms with Gasteiger partial charge in [-0.3, -0.25) is 9.59 Å². The minimum absolute atomic E-state index is 0.0158. The lowest BCUT2D eigenvalue weighted by atomic mass is 9.91. The Hall–Kier alpha value is -3.07. The average Bonchev–Trinajstić information content (AvgIpc) is 2.82. The van der Waals surface area contributed by atoms with E-state index in [0.717, 1.165) is 25.2 Å². The predicted octanol–water partition coefficient (Wildman–Crippen LogP) is 5.82. The Kier molecular flexibility index (Phi) is 10.8. The number of carbonyl (C=O) groups is 2. The molecule has 8 nitrogen and oxygen atoms in total. The average molecular weight is 546 g/mol. The van der Waals surface area contributed by atoms with Crippen LogP contribution in [0.5, 0.6) is 5.75 Å². The van der Waals surface area contributed by atoms with Crippen molar-refractivity contribution in [1.29, 1.82) is 0 Å². The normalized spacial score (nSPS) is 12.5. The van der Waals surface area contributed by atoms with E-state index in [9.17, 15) is 18.0 Å². The van der Waals surface area contributed by atoms with Gasteiger partial charge in [0.1, 0.15) is 10.6 Å². The van der Waals surface area contributed by atoms with Gasteiger partial charge in [0.2, 0.25) is 11.8 Å². The second kappa shape index (κ2) is 13.1. The Morgan fingerprint density at radius 2 is 1.61 bits per heavy atom. The van der Waals surface area contributed by atoms with Crippen molar-refractivity contribution < 1.29 is 22.2 Å². The highest BCUT2D eigenvalue weighted by Gasteiger charge is 2.27. The molecule has 2 amide bonds. The molecule has 0 radical (unpaired) electrons. The van der Waals surface area contributed by atoms with Gasteiger partial charge in [-0.15, -0.1) is 0 Å². The Balaban J connectivity index is 2.51. The molecule has 0 unspecified atom stereocenters. The molecule has 0 heterocycles. The third kappa shape index (κ3) is 8.75. The van der Waals surface area contributed by atoms with Crippen molar-refractivity contribution in [3.8, 4) is 5.75 Å². The Bertz CT molecular complexity index is 1200. The predicted molar refractivity (Wildman–Crippen MR) is 153 cm³/mol. The van der Waals surface area contributed by atoms with Crippen LogP contribution in [0.4, 0.5) is 11.4 Å². The first-order chi connectivity index (χ1) is 17.7. The fourth-order valence-electron chi connectivity index (χ4n) is 4.06. The van der Waals surface area contributed by atoms with E-state index in [4.69, 9.17) is 4.18 Å². The summed E-state index contributed by atoms with van der Waals surface area (Å²) in [5, 5.41) is 2.62. The second-order valence-corrected chi connectivity index (χ2v) is 12.3. The van der Waals surface area contributed by atoms with Gasteiger partial charge in [-0.05, 0) is 62.9 Å². The van der Waals surface area contributed by atoms with Gasteiger partial charge in [0.25, 0.3) is 0 Å². The molecule has 1 N–H and O–H groups in total. The molecule has 0 fully saturated rings. The number of carbonyl (C=O) groups excluding carboxylic acids is 2. The summed E-state index contributed by atoms with van der Waals surface area (Å²) in [6, 6.07) is 11.3. The van der Waals surface area contributed by atoms with Crippen molar-refractivity contribution in [2.75, 3.05) is 23.3 Å². The fourth-order valence-corrected chi connectivity index (χ4v) is 5.02. The van der Waals surface area contributed by atoms with Crippen LogP contribution in [-0.2, 0) is 26.3 Å². The maximum absolute atomic E-state index is 13.3. The standard InChI is InChI=1S/C29H43N3O5S/c1-9-21(4)32(28(34)19-29(6,7)8)20-23-12-15-25(31(10-2)11-3)18-27(23)37-38(35,36)26-16-13-24(14-17-26)30-22(5)33/h12-18,21H,9-11,19-20H2,1-8H3,(H,30,33)/t21-/m1/s1. The maximum Gasteiger partial charge on any atom is 0.339 e. The lowest BCUT2D eigenvalue weighted by Crippen LogP contribution is -2.39. The van der Waals surface area contributed by atoms with Crippen molar-refractivity contribution in [3.05, 3.63) is 48.0 Å². The van der Waals surface area contributed by atoms with E-state index >= 15 is 0 Å². The number of nitrogens with zero attached hydrogens (tertiary/aromatic N) is 2. The summed E-state index contributed by atoms with van der Waals surface area (Å²) in [6.07, 6.45) is 1.15. The summed E-state index contributed by atoms with van der Waals surface area (Å²) < 4.78 is 32.3. The Morgan fingerprint density at radius 1 is 1.00 bits per heavy atom. The van der Waals surface area contributed by atoms with Crippen molar-refractivity contribution in [3.63, 3.8) is 0 Å². The highest BCUT2D eigenvalue weighted by molar-refractivity contribution is 7.87. The summed E-state index contributed by atoms with van der Waals surface area (Å²) in [4.78, 5) is 28.5. The third-order valence-corrected chi connectivity index (χ3v) is 7.56. The molecule has 0 aliphatic rings. The van der Waals surface area contributed by atoms with Gasteiger partial charge in [-0.1, -0.05) is 33.8 Å². The molecule has 0 saturated heterocycles. The van der Waals surface area contributed by atoms with Gasteiger partial charge in [0, 0.05) is 62.0 Å². The molecule has 9 heteroatoms. The molecule has 0 spiro atoms. The van der Waals surface area contributed by atoms with Gasteiger partial charge in [0.05, 0.1) is 0 Å². The summed E-state index contributed by atoms with van der Waals surface area (Å²) in [7, 11) is -4.18. The quantitative estimate of drug-likeness (QED) is 0.338. The third-order valence-electron chi connectivity index (χ3n) is 6.31. The lowest BCUT2D eigenvalue weighted by Gasteiger charge is -2.32. The monoisotopic (exact) mass is 545 g/mol. The topological polar surface area (TPSA) is 96.0 Å². The van der Waals surface area contributed by atoms with E-state index in [1.807, 2.05) is 60.6 Å². The highest BCUT2D eigenvalue weighted by atomic mass is 32.2. The molecule has 0 saturated carbocycles. The minimum atomic E-state index is -4.18. The van der Waals surface area contributed by atoms with Crippen LogP contribution in [0.3, 0.4) is 0 Å². The first-order valence-corrected chi connectivity index (χ1v) is 14.6. The van der Waals surface area contributed by atoms with Crippen LogP contribution in [0.2, 0.25) is 0 Å². The molecule has 2 aromatic carbocycles. The van der Waals surface area contributed by atoms with Crippen molar-refractivity contribution >= 4 is 33.3 Å². The number of rotatable bonds is 12. The van der Waals surface area contributed by atoms with E-state index in [0.29, 0.717) is 17.7 Å². The van der Waals surface area contributed by atoms with Crippen LogP contribution < -0.4 is 14.4 Å². The molecule has 0 bridgehead atoms. The van der Waals surface area contributed by atoms with E-state index in [1.165, 1.54) is 31.2 Å². The molecule has 0 aromatic heterocycles. The molecule has 1 atom stereocenters. The van der Waals surface area contributed by atoms with Crippen LogP contribution in [0.25, 0.3) is 0 Å². The molecule has 2 aromatic rings.